The van der Waals surface area contributed by atoms with Gasteiger partial charge < -0.3 is 20.7 Å². The summed E-state index contributed by atoms with van der Waals surface area (Å²) in [5.41, 5.74) is 5.02. The number of hydrogen-bond donors (Lipinski definition) is 2. The number of nitrogens with two attached hydrogens (primary N) is 1. The van der Waals surface area contributed by atoms with E-state index < -0.39 is 5.54 Å². The lowest BCUT2D eigenvalue weighted by Gasteiger charge is -2.35. The van der Waals surface area contributed by atoms with Crippen molar-refractivity contribution < 1.29 is 9.53 Å². The molecular formula is C15H29N3O2. The molecule has 1 amide bonds. The number of primary amides is 1. The van der Waals surface area contributed by atoms with Crippen molar-refractivity contribution in [3.63, 3.8) is 0 Å². The van der Waals surface area contributed by atoms with Gasteiger partial charge >= 0.3 is 0 Å². The molecule has 0 spiro atoms. The lowest BCUT2D eigenvalue weighted by Crippen LogP contribution is -2.56. The molecule has 1 saturated carbocycles. The number of ether oxygens (including phenoxy) is 1. The smallest absolute Gasteiger partial charge is 0.237 e. The van der Waals surface area contributed by atoms with E-state index in [2.05, 4.69) is 10.2 Å². The number of carbonyl (C=O) groups is 1. The molecule has 3 N–H and O–H groups in total. The Balaban J connectivity index is 1.80. The lowest BCUT2D eigenvalue weighted by molar-refractivity contribution is -0.124. The van der Waals surface area contributed by atoms with Crippen LogP contribution in [0.15, 0.2) is 0 Å². The van der Waals surface area contributed by atoms with Crippen molar-refractivity contribution in [1.82, 2.24) is 10.2 Å². The maximum absolute atomic E-state index is 11.7. The molecule has 2 rings (SSSR count). The summed E-state index contributed by atoms with van der Waals surface area (Å²) in [6, 6.07) is 0.491. The van der Waals surface area contributed by atoms with Gasteiger partial charge in [0.25, 0.3) is 0 Å². The molecule has 0 radical (unpaired) electrons. The number of amides is 1. The zero-order valence-electron chi connectivity index (χ0n) is 12.9. The third-order valence-electron chi connectivity index (χ3n) is 4.44. The van der Waals surface area contributed by atoms with Gasteiger partial charge in [0, 0.05) is 25.7 Å². The number of piperidine rings is 1. The molecule has 5 nitrogen and oxygen atoms in total. The first-order chi connectivity index (χ1) is 9.53. The van der Waals surface area contributed by atoms with Gasteiger partial charge in [-0.2, -0.15) is 0 Å². The van der Waals surface area contributed by atoms with E-state index in [4.69, 9.17) is 10.5 Å². The minimum Gasteiger partial charge on any atom is -0.377 e. The van der Waals surface area contributed by atoms with Gasteiger partial charge in [-0.15, -0.1) is 0 Å². The third-order valence-corrected chi connectivity index (χ3v) is 4.44. The van der Waals surface area contributed by atoms with Crippen molar-refractivity contribution >= 4 is 5.91 Å². The van der Waals surface area contributed by atoms with Gasteiger partial charge in [-0.1, -0.05) is 0 Å². The van der Waals surface area contributed by atoms with Crippen LogP contribution >= 0.6 is 0 Å². The fourth-order valence-electron chi connectivity index (χ4n) is 2.91. The number of nitrogens with one attached hydrogen (secondary N) is 1. The second-order valence-corrected chi connectivity index (χ2v) is 6.39. The summed E-state index contributed by atoms with van der Waals surface area (Å²) in [7, 11) is 0. The van der Waals surface area contributed by atoms with Gasteiger partial charge in [0.15, 0.2) is 0 Å². The summed E-state index contributed by atoms with van der Waals surface area (Å²) >= 11 is 0. The Hall–Kier alpha value is -0.650. The average molecular weight is 283 g/mol. The summed E-state index contributed by atoms with van der Waals surface area (Å²) in [6.07, 6.45) is 5.78. The monoisotopic (exact) mass is 283 g/mol. The van der Waals surface area contributed by atoms with Crippen LogP contribution in [0, 0.1) is 0 Å². The number of hydrogen-bond acceptors (Lipinski definition) is 4. The highest BCUT2D eigenvalue weighted by Crippen LogP contribution is 2.24. The van der Waals surface area contributed by atoms with E-state index in [1.165, 1.54) is 19.3 Å². The minimum atomic E-state index is -0.570. The molecular weight excluding hydrogens is 254 g/mol. The molecule has 0 bridgehead atoms. The zero-order chi connectivity index (χ0) is 14.6. The molecule has 0 aromatic heterocycles. The third kappa shape index (κ3) is 4.43. The number of rotatable bonds is 8. The average Bonchev–Trinajstić information content (AvgIpc) is 3.21. The first-order valence-electron chi connectivity index (χ1n) is 7.95. The Bertz CT molecular complexity index is 331. The van der Waals surface area contributed by atoms with E-state index in [-0.39, 0.29) is 5.91 Å². The van der Waals surface area contributed by atoms with Crippen molar-refractivity contribution in [2.45, 2.75) is 63.6 Å². The van der Waals surface area contributed by atoms with Crippen molar-refractivity contribution in [1.29, 1.82) is 0 Å². The van der Waals surface area contributed by atoms with Crippen molar-refractivity contribution in [2.75, 3.05) is 26.2 Å². The van der Waals surface area contributed by atoms with E-state index in [9.17, 15) is 4.79 Å². The van der Waals surface area contributed by atoms with Gasteiger partial charge in [0.05, 0.1) is 11.6 Å². The molecule has 2 fully saturated rings. The van der Waals surface area contributed by atoms with Crippen LogP contribution in [0.2, 0.25) is 0 Å². The fraction of sp³-hybridized carbons (Fsp3) is 0.933. The van der Waals surface area contributed by atoms with E-state index in [1.807, 2.05) is 13.8 Å². The Kier molecular flexibility index (Phi) is 5.41. The second kappa shape index (κ2) is 6.87. The fourth-order valence-corrected chi connectivity index (χ4v) is 2.91. The molecule has 2 atom stereocenters. The summed E-state index contributed by atoms with van der Waals surface area (Å²) in [4.78, 5) is 14.1. The SMILES string of the molecule is CCOC1CCCN(CCC(C)(NC2CC2)C(N)=O)C1. The van der Waals surface area contributed by atoms with Crippen LogP contribution < -0.4 is 11.1 Å². The highest BCUT2D eigenvalue weighted by molar-refractivity contribution is 5.84. The maximum Gasteiger partial charge on any atom is 0.237 e. The highest BCUT2D eigenvalue weighted by Gasteiger charge is 2.37. The Morgan fingerprint density at radius 3 is 2.80 bits per heavy atom. The Morgan fingerprint density at radius 1 is 1.45 bits per heavy atom. The lowest BCUT2D eigenvalue weighted by atomic mass is 9.95. The molecule has 1 saturated heterocycles. The van der Waals surface area contributed by atoms with Crippen molar-refractivity contribution in [3.8, 4) is 0 Å². The quantitative estimate of drug-likeness (QED) is 0.694. The van der Waals surface area contributed by atoms with E-state index >= 15 is 0 Å². The van der Waals surface area contributed by atoms with E-state index in [0.717, 1.165) is 39.1 Å². The van der Waals surface area contributed by atoms with E-state index in [1.54, 1.807) is 0 Å². The molecule has 0 aromatic rings. The van der Waals surface area contributed by atoms with Crippen LogP contribution in [-0.2, 0) is 9.53 Å². The number of nitrogens with zero attached hydrogens (tertiary/aromatic N) is 1. The first kappa shape index (κ1) is 15.7. The Labute approximate surface area is 122 Å². The second-order valence-electron chi connectivity index (χ2n) is 6.39. The van der Waals surface area contributed by atoms with Crippen LogP contribution in [0.3, 0.4) is 0 Å². The predicted molar refractivity (Wildman–Crippen MR) is 79.5 cm³/mol. The molecule has 116 valence electrons. The van der Waals surface area contributed by atoms with Gasteiger partial charge in [-0.25, -0.2) is 0 Å². The van der Waals surface area contributed by atoms with Crippen molar-refractivity contribution in [2.24, 2.45) is 5.73 Å². The van der Waals surface area contributed by atoms with Gasteiger partial charge in [-0.3, -0.25) is 4.79 Å². The summed E-state index contributed by atoms with van der Waals surface area (Å²) in [6.45, 7) is 7.75. The van der Waals surface area contributed by atoms with Crippen molar-refractivity contribution in [3.05, 3.63) is 0 Å². The molecule has 1 heterocycles. The number of likely N-dealkylation sites (tertiary alicyclic amines) is 1. The molecule has 2 unspecified atom stereocenters. The zero-order valence-corrected chi connectivity index (χ0v) is 12.9. The Morgan fingerprint density at radius 2 is 2.20 bits per heavy atom. The van der Waals surface area contributed by atoms with Crippen LogP contribution in [-0.4, -0.2) is 54.7 Å². The van der Waals surface area contributed by atoms with Crippen LogP contribution in [0.4, 0.5) is 0 Å². The highest BCUT2D eigenvalue weighted by atomic mass is 16.5. The number of carbonyl (C=O) groups excluding carboxylic acids is 1. The maximum atomic E-state index is 11.7. The molecule has 1 aliphatic heterocycles. The normalized spacial score (nSPS) is 27.2. The summed E-state index contributed by atoms with van der Waals surface area (Å²) in [5, 5.41) is 3.41. The predicted octanol–water partition coefficient (Wildman–Crippen LogP) is 0.873. The van der Waals surface area contributed by atoms with E-state index in [0.29, 0.717) is 12.1 Å². The van der Waals surface area contributed by atoms with Gasteiger partial charge in [-0.05, 0) is 52.5 Å². The molecule has 5 heteroatoms. The standard InChI is InChI=1S/C15H29N3O2/c1-3-20-13-5-4-9-18(11-13)10-8-15(2,14(16)19)17-12-6-7-12/h12-13,17H,3-11H2,1-2H3,(H2,16,19). The molecule has 1 aliphatic carbocycles. The van der Waals surface area contributed by atoms with Crippen LogP contribution in [0.5, 0.6) is 0 Å². The molecule has 20 heavy (non-hydrogen) atoms. The summed E-state index contributed by atoms with van der Waals surface area (Å²) < 4.78 is 5.72. The topological polar surface area (TPSA) is 67.6 Å². The van der Waals surface area contributed by atoms with Crippen LogP contribution in [0.1, 0.15) is 46.0 Å². The first-order valence-corrected chi connectivity index (χ1v) is 7.95. The minimum absolute atomic E-state index is 0.234. The summed E-state index contributed by atoms with van der Waals surface area (Å²) in [5.74, 6) is -0.234. The molecule has 0 aromatic carbocycles. The van der Waals surface area contributed by atoms with Gasteiger partial charge in [0.2, 0.25) is 5.91 Å². The molecule has 2 aliphatic rings. The van der Waals surface area contributed by atoms with Gasteiger partial charge in [0.1, 0.15) is 0 Å². The largest absolute Gasteiger partial charge is 0.377 e. The van der Waals surface area contributed by atoms with Crippen LogP contribution in [0.25, 0.3) is 0 Å².